The Bertz CT molecular complexity index is 1250. The Morgan fingerprint density at radius 3 is 2.42 bits per heavy atom. The van der Waals surface area contributed by atoms with Gasteiger partial charge >= 0.3 is 5.97 Å². The Morgan fingerprint density at radius 2 is 1.72 bits per heavy atom. The topological polar surface area (TPSA) is 87.1 Å². The highest BCUT2D eigenvalue weighted by Crippen LogP contribution is 2.33. The third-order valence-electron chi connectivity index (χ3n) is 5.91. The van der Waals surface area contributed by atoms with Gasteiger partial charge in [0.05, 0.1) is 6.04 Å². The fourth-order valence-electron chi connectivity index (χ4n) is 4.27. The molecule has 36 heavy (non-hydrogen) atoms. The van der Waals surface area contributed by atoms with Gasteiger partial charge < -0.3 is 19.6 Å². The van der Waals surface area contributed by atoms with Gasteiger partial charge in [-0.2, -0.15) is 0 Å². The van der Waals surface area contributed by atoms with E-state index in [2.05, 4.69) is 0 Å². The molecule has 4 rings (SSSR count). The van der Waals surface area contributed by atoms with Crippen LogP contribution in [0.2, 0.25) is 10.0 Å². The van der Waals surface area contributed by atoms with E-state index >= 15 is 0 Å². The van der Waals surface area contributed by atoms with Crippen molar-refractivity contribution in [1.29, 1.82) is 0 Å². The number of carboxylic acids is 1. The van der Waals surface area contributed by atoms with Gasteiger partial charge in [-0.05, 0) is 34.9 Å². The molecular formula is C27H24Cl2N2O5. The van der Waals surface area contributed by atoms with Crippen molar-refractivity contribution in [3.05, 3.63) is 106 Å². The minimum absolute atomic E-state index is 0.0194. The molecule has 2 amide bonds. The van der Waals surface area contributed by atoms with E-state index in [0.717, 1.165) is 5.56 Å². The SMILES string of the molecule is O=C(O)CN(Cc1ccccc1Cl)C(=O)[C@H]1OCC(=O)N(Cc2cccc(Cl)c2)[C@@H]1c1ccccc1. The summed E-state index contributed by atoms with van der Waals surface area (Å²) in [6.07, 6.45) is -1.12. The van der Waals surface area contributed by atoms with E-state index in [1.165, 1.54) is 4.90 Å². The monoisotopic (exact) mass is 526 g/mol. The van der Waals surface area contributed by atoms with Crippen molar-refractivity contribution in [1.82, 2.24) is 9.80 Å². The number of rotatable bonds is 8. The van der Waals surface area contributed by atoms with Crippen LogP contribution in [0, 0.1) is 0 Å². The lowest BCUT2D eigenvalue weighted by Crippen LogP contribution is -2.55. The number of hydrogen-bond acceptors (Lipinski definition) is 4. The van der Waals surface area contributed by atoms with Gasteiger partial charge in [0.1, 0.15) is 13.2 Å². The molecule has 1 aliphatic rings. The average molecular weight is 527 g/mol. The van der Waals surface area contributed by atoms with E-state index in [9.17, 15) is 19.5 Å². The van der Waals surface area contributed by atoms with Gasteiger partial charge in [-0.1, -0.05) is 83.9 Å². The molecule has 1 saturated heterocycles. The lowest BCUT2D eigenvalue weighted by Gasteiger charge is -2.42. The Labute approximate surface area is 218 Å². The number of halogens is 2. The Kier molecular flexibility index (Phi) is 8.25. The van der Waals surface area contributed by atoms with Crippen LogP contribution in [0.5, 0.6) is 0 Å². The summed E-state index contributed by atoms with van der Waals surface area (Å²) in [6.45, 7) is -0.676. The number of benzene rings is 3. The van der Waals surface area contributed by atoms with Crippen LogP contribution >= 0.6 is 23.2 Å². The summed E-state index contributed by atoms with van der Waals surface area (Å²) in [5.74, 6) is -2.01. The van der Waals surface area contributed by atoms with E-state index in [1.54, 1.807) is 47.4 Å². The fraction of sp³-hybridized carbons (Fsp3) is 0.222. The molecule has 3 aromatic rings. The maximum absolute atomic E-state index is 13.8. The van der Waals surface area contributed by atoms with Crippen molar-refractivity contribution in [2.24, 2.45) is 0 Å². The van der Waals surface area contributed by atoms with Crippen LogP contribution in [-0.4, -0.2) is 51.9 Å². The highest BCUT2D eigenvalue weighted by atomic mass is 35.5. The summed E-state index contributed by atoms with van der Waals surface area (Å²) >= 11 is 12.4. The molecule has 2 atom stereocenters. The first kappa shape index (κ1) is 25.7. The summed E-state index contributed by atoms with van der Waals surface area (Å²) in [4.78, 5) is 41.3. The Morgan fingerprint density at radius 1 is 1.00 bits per heavy atom. The summed E-state index contributed by atoms with van der Waals surface area (Å²) in [7, 11) is 0. The molecule has 186 valence electrons. The first-order valence-electron chi connectivity index (χ1n) is 11.3. The number of amides is 2. The highest BCUT2D eigenvalue weighted by Gasteiger charge is 2.43. The van der Waals surface area contributed by atoms with E-state index < -0.39 is 30.6 Å². The number of morpholine rings is 1. The molecule has 0 unspecified atom stereocenters. The van der Waals surface area contributed by atoms with Crippen LogP contribution in [0.4, 0.5) is 0 Å². The zero-order valence-corrected chi connectivity index (χ0v) is 20.7. The summed E-state index contributed by atoms with van der Waals surface area (Å²) in [5, 5.41) is 10.5. The Balaban J connectivity index is 1.70. The van der Waals surface area contributed by atoms with E-state index in [4.69, 9.17) is 27.9 Å². The third kappa shape index (κ3) is 6.05. The van der Waals surface area contributed by atoms with Gasteiger partial charge in [0.25, 0.3) is 5.91 Å². The van der Waals surface area contributed by atoms with Crippen molar-refractivity contribution < 1.29 is 24.2 Å². The number of carbonyl (C=O) groups excluding carboxylic acids is 2. The first-order chi connectivity index (χ1) is 17.3. The fourth-order valence-corrected chi connectivity index (χ4v) is 4.68. The molecular weight excluding hydrogens is 503 g/mol. The lowest BCUT2D eigenvalue weighted by molar-refractivity contribution is -0.172. The normalized spacial score (nSPS) is 17.6. The smallest absolute Gasteiger partial charge is 0.323 e. The van der Waals surface area contributed by atoms with Crippen LogP contribution in [0.15, 0.2) is 78.9 Å². The van der Waals surface area contributed by atoms with Crippen LogP contribution < -0.4 is 0 Å². The third-order valence-corrected chi connectivity index (χ3v) is 6.52. The van der Waals surface area contributed by atoms with Gasteiger partial charge in [-0.25, -0.2) is 0 Å². The minimum atomic E-state index is -1.17. The molecule has 0 saturated carbocycles. The molecule has 3 aromatic carbocycles. The second-order valence-electron chi connectivity index (χ2n) is 8.42. The Hall–Kier alpha value is -3.39. The van der Waals surface area contributed by atoms with Crippen LogP contribution in [0.1, 0.15) is 22.7 Å². The molecule has 0 aromatic heterocycles. The predicted molar refractivity (Wildman–Crippen MR) is 135 cm³/mol. The van der Waals surface area contributed by atoms with E-state index in [1.807, 2.05) is 36.4 Å². The average Bonchev–Trinajstić information content (AvgIpc) is 2.86. The number of carboxylic acid groups (broad SMARTS) is 1. The van der Waals surface area contributed by atoms with E-state index in [0.29, 0.717) is 21.2 Å². The molecule has 1 N–H and O–H groups in total. The van der Waals surface area contributed by atoms with Crippen LogP contribution in [0.3, 0.4) is 0 Å². The maximum Gasteiger partial charge on any atom is 0.323 e. The van der Waals surface area contributed by atoms with Gasteiger partial charge in [0.2, 0.25) is 5.91 Å². The largest absolute Gasteiger partial charge is 0.480 e. The highest BCUT2D eigenvalue weighted by molar-refractivity contribution is 6.31. The van der Waals surface area contributed by atoms with Crippen molar-refractivity contribution in [3.8, 4) is 0 Å². The molecule has 7 nitrogen and oxygen atoms in total. The minimum Gasteiger partial charge on any atom is -0.480 e. The molecule has 0 spiro atoms. The van der Waals surface area contributed by atoms with Crippen LogP contribution in [-0.2, 0) is 32.2 Å². The zero-order valence-electron chi connectivity index (χ0n) is 19.2. The summed E-state index contributed by atoms with van der Waals surface area (Å²) in [6, 6.07) is 22.4. The number of carbonyl (C=O) groups is 3. The van der Waals surface area contributed by atoms with E-state index in [-0.39, 0.29) is 25.6 Å². The van der Waals surface area contributed by atoms with Crippen LogP contribution in [0.25, 0.3) is 0 Å². The zero-order chi connectivity index (χ0) is 25.7. The molecule has 0 bridgehead atoms. The number of aliphatic carboxylic acids is 1. The van der Waals surface area contributed by atoms with Gasteiger partial charge in [-0.3, -0.25) is 14.4 Å². The second kappa shape index (κ2) is 11.6. The van der Waals surface area contributed by atoms with Gasteiger partial charge in [0.15, 0.2) is 6.10 Å². The number of nitrogens with zero attached hydrogens (tertiary/aromatic N) is 2. The first-order valence-corrected chi connectivity index (χ1v) is 12.0. The van der Waals surface area contributed by atoms with Gasteiger partial charge in [-0.15, -0.1) is 0 Å². The quantitative estimate of drug-likeness (QED) is 0.464. The molecule has 0 aliphatic carbocycles. The van der Waals surface area contributed by atoms with Crippen molar-refractivity contribution in [2.45, 2.75) is 25.2 Å². The standard InChI is InChI=1S/C27H24Cl2N2O5/c28-21-11-6-7-18(13-21)14-31-23(32)17-36-26(25(31)19-8-2-1-3-9-19)27(35)30(16-24(33)34)15-20-10-4-5-12-22(20)29/h1-13,25-26H,14-17H2,(H,33,34)/t25-,26+/m1/s1. The molecule has 9 heteroatoms. The van der Waals surface area contributed by atoms with Crippen molar-refractivity contribution >= 4 is 41.0 Å². The summed E-state index contributed by atoms with van der Waals surface area (Å²) in [5.41, 5.74) is 2.09. The molecule has 0 radical (unpaired) electrons. The predicted octanol–water partition coefficient (Wildman–Crippen LogP) is 4.58. The number of hydrogen-bond donors (Lipinski definition) is 1. The molecule has 1 heterocycles. The maximum atomic E-state index is 13.8. The van der Waals surface area contributed by atoms with Crippen molar-refractivity contribution in [3.63, 3.8) is 0 Å². The number of ether oxygens (including phenoxy) is 1. The second-order valence-corrected chi connectivity index (χ2v) is 9.26. The van der Waals surface area contributed by atoms with Crippen molar-refractivity contribution in [2.75, 3.05) is 13.2 Å². The molecule has 1 aliphatic heterocycles. The molecule has 1 fully saturated rings. The lowest BCUT2D eigenvalue weighted by atomic mass is 9.95. The van der Waals surface area contributed by atoms with Gasteiger partial charge in [0, 0.05) is 23.1 Å². The summed E-state index contributed by atoms with van der Waals surface area (Å²) < 4.78 is 5.81.